The van der Waals surface area contributed by atoms with Crippen LogP contribution in [0.5, 0.6) is 0 Å². The minimum atomic E-state index is -0.150. The first-order chi connectivity index (χ1) is 15.1. The standard InChI is InChI=1S/C26H26Cl2N2O/c27-23-11-7-20(8-12-23)18-30-15-13-22(14-16-30)21-9-5-19(6-10-21)17-29-26(31)24-3-1-2-4-25(24)28/h1-12,22H,13-18H2,(H,29,31). The molecule has 4 rings (SSSR count). The minimum absolute atomic E-state index is 0.150. The lowest BCUT2D eigenvalue weighted by Crippen LogP contribution is -2.32. The molecule has 0 radical (unpaired) electrons. The molecule has 31 heavy (non-hydrogen) atoms. The van der Waals surface area contributed by atoms with E-state index in [0.717, 1.165) is 43.1 Å². The zero-order chi connectivity index (χ0) is 21.6. The summed E-state index contributed by atoms with van der Waals surface area (Å²) in [7, 11) is 0. The predicted octanol–water partition coefficient (Wildman–Crippen LogP) is 6.30. The molecule has 1 heterocycles. The van der Waals surface area contributed by atoms with Gasteiger partial charge in [0.05, 0.1) is 10.6 Å². The Morgan fingerprint density at radius 1 is 0.871 bits per heavy atom. The third-order valence-corrected chi connectivity index (χ3v) is 6.51. The molecular weight excluding hydrogens is 427 g/mol. The van der Waals surface area contributed by atoms with E-state index in [0.29, 0.717) is 23.0 Å². The van der Waals surface area contributed by atoms with Crippen LogP contribution in [-0.2, 0) is 13.1 Å². The largest absolute Gasteiger partial charge is 0.348 e. The van der Waals surface area contributed by atoms with Crippen LogP contribution in [0, 0.1) is 0 Å². The van der Waals surface area contributed by atoms with Gasteiger partial charge in [0.1, 0.15) is 0 Å². The normalized spacial score (nSPS) is 15.0. The van der Waals surface area contributed by atoms with E-state index in [-0.39, 0.29) is 5.91 Å². The number of halogens is 2. The van der Waals surface area contributed by atoms with Crippen molar-refractivity contribution in [1.29, 1.82) is 0 Å². The molecule has 0 atom stereocenters. The number of likely N-dealkylation sites (tertiary alicyclic amines) is 1. The summed E-state index contributed by atoms with van der Waals surface area (Å²) in [6.45, 7) is 3.67. The van der Waals surface area contributed by atoms with Crippen molar-refractivity contribution in [3.8, 4) is 0 Å². The Balaban J connectivity index is 1.26. The molecule has 0 aromatic heterocycles. The number of piperidine rings is 1. The maximum absolute atomic E-state index is 12.3. The number of carbonyl (C=O) groups is 1. The summed E-state index contributed by atoms with van der Waals surface area (Å²) < 4.78 is 0. The maximum atomic E-state index is 12.3. The van der Waals surface area contributed by atoms with Gasteiger partial charge in [-0.25, -0.2) is 0 Å². The van der Waals surface area contributed by atoms with Crippen molar-refractivity contribution in [3.05, 3.63) is 105 Å². The summed E-state index contributed by atoms with van der Waals surface area (Å²) in [6, 6.07) is 23.9. The highest BCUT2D eigenvalue weighted by Gasteiger charge is 2.20. The number of hydrogen-bond donors (Lipinski definition) is 1. The van der Waals surface area contributed by atoms with Gasteiger partial charge < -0.3 is 5.32 Å². The van der Waals surface area contributed by atoms with Crippen molar-refractivity contribution in [3.63, 3.8) is 0 Å². The van der Waals surface area contributed by atoms with Gasteiger partial charge in [-0.3, -0.25) is 9.69 Å². The minimum Gasteiger partial charge on any atom is -0.348 e. The zero-order valence-electron chi connectivity index (χ0n) is 17.4. The van der Waals surface area contributed by atoms with Gasteiger partial charge in [-0.05, 0) is 72.8 Å². The molecule has 3 aromatic rings. The van der Waals surface area contributed by atoms with Crippen LogP contribution in [0.4, 0.5) is 0 Å². The molecule has 1 aliphatic heterocycles. The number of nitrogens with zero attached hydrogens (tertiary/aromatic N) is 1. The highest BCUT2D eigenvalue weighted by molar-refractivity contribution is 6.33. The number of benzene rings is 3. The molecule has 0 aliphatic carbocycles. The second kappa shape index (κ2) is 10.3. The highest BCUT2D eigenvalue weighted by Crippen LogP contribution is 2.29. The van der Waals surface area contributed by atoms with E-state index < -0.39 is 0 Å². The van der Waals surface area contributed by atoms with Crippen LogP contribution < -0.4 is 5.32 Å². The fourth-order valence-corrected chi connectivity index (χ4v) is 4.45. The molecule has 0 spiro atoms. The van der Waals surface area contributed by atoms with Gasteiger partial charge in [0.15, 0.2) is 0 Å². The van der Waals surface area contributed by atoms with Gasteiger partial charge in [0, 0.05) is 18.1 Å². The lowest BCUT2D eigenvalue weighted by Gasteiger charge is -2.32. The van der Waals surface area contributed by atoms with Crippen LogP contribution in [-0.4, -0.2) is 23.9 Å². The van der Waals surface area contributed by atoms with E-state index in [1.165, 1.54) is 11.1 Å². The van der Waals surface area contributed by atoms with Gasteiger partial charge in [-0.1, -0.05) is 71.7 Å². The first kappa shape index (κ1) is 21.9. The summed E-state index contributed by atoms with van der Waals surface area (Å²) in [5, 5.41) is 4.21. The summed E-state index contributed by atoms with van der Waals surface area (Å²) >= 11 is 12.1. The second-order valence-corrected chi connectivity index (χ2v) is 8.92. The molecule has 0 bridgehead atoms. The Hall–Kier alpha value is -2.33. The SMILES string of the molecule is O=C(NCc1ccc(C2CCN(Cc3ccc(Cl)cc3)CC2)cc1)c1ccccc1Cl. The fraction of sp³-hybridized carbons (Fsp3) is 0.269. The van der Waals surface area contributed by atoms with Gasteiger partial charge in [-0.15, -0.1) is 0 Å². The molecule has 0 unspecified atom stereocenters. The highest BCUT2D eigenvalue weighted by atomic mass is 35.5. The second-order valence-electron chi connectivity index (χ2n) is 8.08. The number of hydrogen-bond acceptors (Lipinski definition) is 2. The fourth-order valence-electron chi connectivity index (χ4n) is 4.10. The molecule has 1 saturated heterocycles. The Kier molecular flexibility index (Phi) is 7.29. The smallest absolute Gasteiger partial charge is 0.253 e. The zero-order valence-corrected chi connectivity index (χ0v) is 18.9. The first-order valence-corrected chi connectivity index (χ1v) is 11.4. The number of carbonyl (C=O) groups excluding carboxylic acids is 1. The van der Waals surface area contributed by atoms with Gasteiger partial charge >= 0.3 is 0 Å². The number of nitrogens with one attached hydrogen (secondary N) is 1. The molecule has 5 heteroatoms. The maximum Gasteiger partial charge on any atom is 0.253 e. The molecule has 160 valence electrons. The van der Waals surface area contributed by atoms with Crippen LogP contribution in [0.2, 0.25) is 10.0 Å². The summed E-state index contributed by atoms with van der Waals surface area (Å²) in [5.41, 5.74) is 4.29. The summed E-state index contributed by atoms with van der Waals surface area (Å²) in [6.07, 6.45) is 2.33. The third-order valence-electron chi connectivity index (χ3n) is 5.93. The Labute approximate surface area is 194 Å². The van der Waals surface area contributed by atoms with Crippen molar-refractivity contribution in [2.75, 3.05) is 13.1 Å². The molecule has 1 amide bonds. The summed E-state index contributed by atoms with van der Waals surface area (Å²) in [4.78, 5) is 14.8. The molecule has 3 nitrogen and oxygen atoms in total. The van der Waals surface area contributed by atoms with Crippen molar-refractivity contribution in [2.24, 2.45) is 0 Å². The van der Waals surface area contributed by atoms with Gasteiger partial charge in [0.25, 0.3) is 5.91 Å². The first-order valence-electron chi connectivity index (χ1n) is 10.7. The molecule has 1 aliphatic rings. The van der Waals surface area contributed by atoms with E-state index in [9.17, 15) is 4.79 Å². The van der Waals surface area contributed by atoms with Crippen LogP contribution >= 0.6 is 23.2 Å². The van der Waals surface area contributed by atoms with E-state index >= 15 is 0 Å². The Morgan fingerprint density at radius 2 is 1.52 bits per heavy atom. The topological polar surface area (TPSA) is 32.3 Å². The Bertz CT molecular complexity index is 1010. The van der Waals surface area contributed by atoms with Crippen molar-refractivity contribution < 1.29 is 4.79 Å². The van der Waals surface area contributed by atoms with E-state index in [1.54, 1.807) is 12.1 Å². The van der Waals surface area contributed by atoms with Gasteiger partial charge in [0.2, 0.25) is 0 Å². The lowest BCUT2D eigenvalue weighted by molar-refractivity contribution is 0.0951. The van der Waals surface area contributed by atoms with E-state index in [2.05, 4.69) is 46.6 Å². The Morgan fingerprint density at radius 3 is 2.19 bits per heavy atom. The average molecular weight is 453 g/mol. The number of amides is 1. The van der Waals surface area contributed by atoms with E-state index in [1.807, 2.05) is 24.3 Å². The lowest BCUT2D eigenvalue weighted by atomic mass is 9.89. The van der Waals surface area contributed by atoms with Crippen molar-refractivity contribution >= 4 is 29.1 Å². The van der Waals surface area contributed by atoms with Crippen LogP contribution in [0.3, 0.4) is 0 Å². The average Bonchev–Trinajstić information content (AvgIpc) is 2.80. The molecule has 3 aromatic carbocycles. The summed E-state index contributed by atoms with van der Waals surface area (Å²) in [5.74, 6) is 0.441. The van der Waals surface area contributed by atoms with Crippen molar-refractivity contribution in [2.45, 2.75) is 31.8 Å². The third kappa shape index (κ3) is 5.88. The molecule has 0 saturated carbocycles. The van der Waals surface area contributed by atoms with Crippen molar-refractivity contribution in [1.82, 2.24) is 10.2 Å². The molecular formula is C26H26Cl2N2O. The van der Waals surface area contributed by atoms with Crippen LogP contribution in [0.15, 0.2) is 72.8 Å². The van der Waals surface area contributed by atoms with Crippen LogP contribution in [0.25, 0.3) is 0 Å². The quantitative estimate of drug-likeness (QED) is 0.475. The van der Waals surface area contributed by atoms with Crippen LogP contribution in [0.1, 0.15) is 45.8 Å². The monoisotopic (exact) mass is 452 g/mol. The predicted molar refractivity (Wildman–Crippen MR) is 128 cm³/mol. The van der Waals surface area contributed by atoms with Gasteiger partial charge in [-0.2, -0.15) is 0 Å². The number of rotatable bonds is 6. The van der Waals surface area contributed by atoms with E-state index in [4.69, 9.17) is 23.2 Å². The molecule has 1 fully saturated rings. The molecule has 1 N–H and O–H groups in total.